The first-order valence-electron chi connectivity index (χ1n) is 25.4. The van der Waals surface area contributed by atoms with E-state index in [2.05, 4.69) is 262 Å². The molecule has 348 valence electrons. The molecule has 0 aliphatic carbocycles. The summed E-state index contributed by atoms with van der Waals surface area (Å²) in [5, 5.41) is 2.50. The third kappa shape index (κ3) is 9.99. The Kier molecular flexibility index (Phi) is 13.9. The van der Waals surface area contributed by atoms with Gasteiger partial charge in [0.05, 0.1) is 24.2 Å². The van der Waals surface area contributed by atoms with Gasteiger partial charge in [0.1, 0.15) is 0 Å². The van der Waals surface area contributed by atoms with Crippen molar-refractivity contribution in [3.63, 3.8) is 0 Å². The monoisotopic (exact) mass is 913 g/mol. The standard InChI is InChI=1S/C67H64N2O/c1-6-49-18-20-50(21-19-49)45-70-46-51-22-24-55(25-23-51)52(7-2)42-48(5)54-26-28-56(29-27-54)58-34-40-66-64(43-58)65-44-59(35-41-67(65)69(66)63-36-30-53(31-37-63)47(3)4)57-32-38-62(39-33-57)68(60-14-10-8-11-15-60)61-16-12-9-13-17-61/h8-41,43-44,47-48,52H,6-7,42,45-46H2,1-5H3. The number of aromatic nitrogens is 1. The number of para-hydroxylation sites is 2. The first-order chi connectivity index (χ1) is 34.3. The Bertz CT molecular complexity index is 3240. The summed E-state index contributed by atoms with van der Waals surface area (Å²) in [6, 6.07) is 80.6. The topological polar surface area (TPSA) is 17.4 Å². The molecule has 1 aromatic heterocycles. The van der Waals surface area contributed by atoms with E-state index in [1.165, 1.54) is 83.1 Å². The first-order valence-corrected chi connectivity index (χ1v) is 25.4. The number of fused-ring (bicyclic) bond motifs is 3. The molecule has 9 aromatic carbocycles. The third-order valence-electron chi connectivity index (χ3n) is 14.4. The molecule has 0 saturated heterocycles. The van der Waals surface area contributed by atoms with E-state index in [4.69, 9.17) is 4.74 Å². The normalized spacial score (nSPS) is 12.4. The van der Waals surface area contributed by atoms with Crippen molar-refractivity contribution in [2.24, 2.45) is 0 Å². The van der Waals surface area contributed by atoms with Gasteiger partial charge >= 0.3 is 0 Å². The molecular formula is C67H64N2O. The van der Waals surface area contributed by atoms with Crippen molar-refractivity contribution < 1.29 is 4.74 Å². The van der Waals surface area contributed by atoms with Gasteiger partial charge in [-0.05, 0) is 165 Å². The van der Waals surface area contributed by atoms with Crippen LogP contribution in [0.5, 0.6) is 0 Å². The van der Waals surface area contributed by atoms with Gasteiger partial charge in [0.25, 0.3) is 0 Å². The van der Waals surface area contributed by atoms with Crippen LogP contribution in [-0.4, -0.2) is 4.57 Å². The number of aryl methyl sites for hydroxylation is 1. The molecule has 10 rings (SSSR count). The maximum atomic E-state index is 6.09. The Morgan fingerprint density at radius 1 is 0.429 bits per heavy atom. The number of anilines is 3. The minimum Gasteiger partial charge on any atom is -0.372 e. The molecule has 0 N–H and O–H groups in total. The van der Waals surface area contributed by atoms with Gasteiger partial charge in [-0.2, -0.15) is 0 Å². The summed E-state index contributed by atoms with van der Waals surface area (Å²) in [4.78, 5) is 2.31. The predicted octanol–water partition coefficient (Wildman–Crippen LogP) is 18.7. The lowest BCUT2D eigenvalue weighted by Crippen LogP contribution is -2.09. The Labute approximate surface area is 415 Å². The summed E-state index contributed by atoms with van der Waals surface area (Å²) in [7, 11) is 0. The summed E-state index contributed by atoms with van der Waals surface area (Å²) < 4.78 is 8.53. The molecule has 10 aromatic rings. The number of rotatable bonds is 17. The summed E-state index contributed by atoms with van der Waals surface area (Å²) in [5.74, 6) is 1.39. The molecule has 3 heteroatoms. The third-order valence-corrected chi connectivity index (χ3v) is 14.4. The van der Waals surface area contributed by atoms with Crippen LogP contribution in [0.2, 0.25) is 0 Å². The van der Waals surface area contributed by atoms with Crippen LogP contribution in [0.25, 0.3) is 49.7 Å². The van der Waals surface area contributed by atoms with E-state index in [0.717, 1.165) is 36.3 Å². The summed E-state index contributed by atoms with van der Waals surface area (Å²) in [6.07, 6.45) is 3.27. The summed E-state index contributed by atoms with van der Waals surface area (Å²) in [6.45, 7) is 12.7. The Balaban J connectivity index is 0.903. The molecular weight excluding hydrogens is 849 g/mol. The molecule has 0 amide bonds. The molecule has 0 saturated carbocycles. The van der Waals surface area contributed by atoms with Crippen LogP contribution < -0.4 is 4.90 Å². The second-order valence-electron chi connectivity index (χ2n) is 19.4. The number of benzene rings is 9. The molecule has 3 nitrogen and oxygen atoms in total. The van der Waals surface area contributed by atoms with Gasteiger partial charge in [-0.25, -0.2) is 0 Å². The van der Waals surface area contributed by atoms with Crippen molar-refractivity contribution in [2.45, 2.75) is 84.8 Å². The van der Waals surface area contributed by atoms with E-state index in [0.29, 0.717) is 31.0 Å². The minimum atomic E-state index is 0.427. The van der Waals surface area contributed by atoms with Gasteiger partial charge in [0.15, 0.2) is 0 Å². The fourth-order valence-electron chi connectivity index (χ4n) is 10.2. The zero-order chi connectivity index (χ0) is 48.0. The van der Waals surface area contributed by atoms with Gasteiger partial charge in [-0.1, -0.05) is 180 Å². The number of nitrogens with zero attached hydrogens (tertiary/aromatic N) is 2. The van der Waals surface area contributed by atoms with Crippen molar-refractivity contribution in [1.82, 2.24) is 4.57 Å². The second kappa shape index (κ2) is 21.0. The van der Waals surface area contributed by atoms with Crippen molar-refractivity contribution >= 4 is 38.9 Å². The zero-order valence-electron chi connectivity index (χ0n) is 41.4. The Hall–Kier alpha value is -7.46. The molecule has 70 heavy (non-hydrogen) atoms. The van der Waals surface area contributed by atoms with Crippen LogP contribution in [0, 0.1) is 0 Å². The Morgan fingerprint density at radius 3 is 1.37 bits per heavy atom. The van der Waals surface area contributed by atoms with Crippen LogP contribution in [-0.2, 0) is 24.4 Å². The molecule has 0 aliphatic heterocycles. The smallest absolute Gasteiger partial charge is 0.0721 e. The second-order valence-corrected chi connectivity index (χ2v) is 19.4. The highest BCUT2D eigenvalue weighted by Gasteiger charge is 2.19. The first kappa shape index (κ1) is 46.3. The lowest BCUT2D eigenvalue weighted by molar-refractivity contribution is 0.107. The Morgan fingerprint density at radius 2 is 0.871 bits per heavy atom. The van der Waals surface area contributed by atoms with E-state index in [-0.39, 0.29) is 0 Å². The maximum Gasteiger partial charge on any atom is 0.0721 e. The predicted molar refractivity (Wildman–Crippen MR) is 297 cm³/mol. The number of hydrogen-bond acceptors (Lipinski definition) is 2. The van der Waals surface area contributed by atoms with Gasteiger partial charge in [0, 0.05) is 33.5 Å². The van der Waals surface area contributed by atoms with Gasteiger partial charge in [-0.15, -0.1) is 0 Å². The maximum absolute atomic E-state index is 6.09. The van der Waals surface area contributed by atoms with Crippen LogP contribution in [0.15, 0.2) is 218 Å². The fourth-order valence-corrected chi connectivity index (χ4v) is 10.2. The van der Waals surface area contributed by atoms with Crippen molar-refractivity contribution in [1.29, 1.82) is 0 Å². The van der Waals surface area contributed by atoms with Crippen LogP contribution >= 0.6 is 0 Å². The lowest BCUT2D eigenvalue weighted by atomic mass is 9.84. The minimum absolute atomic E-state index is 0.427. The SMILES string of the molecule is CCc1ccc(COCc2ccc(C(CC)CC(C)c3ccc(-c4ccc5c(c4)c4cc(-c6ccc(N(c7ccccc7)c7ccccc7)cc6)ccc4n5-c4ccc(C(C)C)cc4)cc3)cc2)cc1. The number of ether oxygens (including phenoxy) is 1. The highest BCUT2D eigenvalue weighted by atomic mass is 16.5. The zero-order valence-corrected chi connectivity index (χ0v) is 41.4. The molecule has 0 radical (unpaired) electrons. The quantitative estimate of drug-likeness (QED) is 0.0906. The molecule has 2 atom stereocenters. The molecule has 0 bridgehead atoms. The molecule has 1 heterocycles. The number of hydrogen-bond donors (Lipinski definition) is 0. The average molecular weight is 913 g/mol. The van der Waals surface area contributed by atoms with Crippen LogP contribution in [0.3, 0.4) is 0 Å². The van der Waals surface area contributed by atoms with Gasteiger partial charge in [0.2, 0.25) is 0 Å². The average Bonchev–Trinajstić information content (AvgIpc) is 3.74. The van der Waals surface area contributed by atoms with Crippen LogP contribution in [0.1, 0.15) is 98.6 Å². The lowest BCUT2D eigenvalue weighted by Gasteiger charge is -2.25. The molecule has 0 fully saturated rings. The highest BCUT2D eigenvalue weighted by Crippen LogP contribution is 2.40. The molecule has 0 aliphatic rings. The van der Waals surface area contributed by atoms with E-state index < -0.39 is 0 Å². The van der Waals surface area contributed by atoms with Gasteiger partial charge < -0.3 is 14.2 Å². The van der Waals surface area contributed by atoms with Gasteiger partial charge in [-0.3, -0.25) is 0 Å². The van der Waals surface area contributed by atoms with Crippen molar-refractivity contribution in [3.8, 4) is 27.9 Å². The fraction of sp³-hybridized carbons (Fsp3) is 0.194. The highest BCUT2D eigenvalue weighted by molar-refractivity contribution is 6.11. The van der Waals surface area contributed by atoms with Crippen LogP contribution in [0.4, 0.5) is 17.1 Å². The van der Waals surface area contributed by atoms with Crippen molar-refractivity contribution in [3.05, 3.63) is 252 Å². The molecule has 2 unspecified atom stereocenters. The van der Waals surface area contributed by atoms with Crippen molar-refractivity contribution in [2.75, 3.05) is 4.90 Å². The molecule has 0 spiro atoms. The van der Waals surface area contributed by atoms with E-state index in [9.17, 15) is 0 Å². The largest absolute Gasteiger partial charge is 0.372 e. The summed E-state index contributed by atoms with van der Waals surface area (Å²) >= 11 is 0. The van der Waals surface area contributed by atoms with E-state index in [1.807, 2.05) is 0 Å². The van der Waals surface area contributed by atoms with E-state index in [1.54, 1.807) is 0 Å². The summed E-state index contributed by atoms with van der Waals surface area (Å²) in [5.41, 5.74) is 19.7. The van der Waals surface area contributed by atoms with E-state index >= 15 is 0 Å².